The van der Waals surface area contributed by atoms with Gasteiger partial charge in [-0.15, -0.1) is 0 Å². The summed E-state index contributed by atoms with van der Waals surface area (Å²) >= 11 is 10.4. The van der Waals surface area contributed by atoms with Crippen LogP contribution in [0.5, 0.6) is 17.2 Å². The second kappa shape index (κ2) is 9.62. The molecule has 0 amide bonds. The maximum Gasteiger partial charge on any atom is 0.126 e. The smallest absolute Gasteiger partial charge is 0.126 e. The van der Waals surface area contributed by atoms with Gasteiger partial charge in [0.1, 0.15) is 30.5 Å². The van der Waals surface area contributed by atoms with Crippen LogP contribution in [0, 0.1) is 0 Å². The van der Waals surface area contributed by atoms with Crippen molar-refractivity contribution in [1.82, 2.24) is 0 Å². The van der Waals surface area contributed by atoms with Crippen LogP contribution in [0.1, 0.15) is 11.1 Å². The third kappa shape index (κ3) is 5.74. The average Bonchev–Trinajstić information content (AvgIpc) is 2.67. The van der Waals surface area contributed by atoms with Gasteiger partial charge in [0.2, 0.25) is 0 Å². The van der Waals surface area contributed by atoms with Crippen LogP contribution in [0.3, 0.4) is 0 Å². The van der Waals surface area contributed by atoms with E-state index in [1.54, 1.807) is 7.11 Å². The topological polar surface area (TPSA) is 27.7 Å². The van der Waals surface area contributed by atoms with Crippen LogP contribution in [0.2, 0.25) is 0 Å². The molecule has 0 aliphatic rings. The van der Waals surface area contributed by atoms with E-state index in [9.17, 15) is 0 Å². The van der Waals surface area contributed by atoms with E-state index in [-0.39, 0.29) is 0 Å². The summed E-state index contributed by atoms with van der Waals surface area (Å²) in [5.74, 6) is 2.37. The number of methoxy groups -OCH3 is 1. The number of hydrogen-bond donors (Lipinski definition) is 0. The van der Waals surface area contributed by atoms with Crippen LogP contribution in [-0.4, -0.2) is 7.11 Å². The molecule has 0 radical (unpaired) electrons. The molecule has 0 heterocycles. The van der Waals surface area contributed by atoms with E-state index in [0.29, 0.717) is 13.2 Å². The molecule has 0 atom stereocenters. The first-order valence-electron chi connectivity index (χ1n) is 8.17. The lowest BCUT2D eigenvalue weighted by Crippen LogP contribution is -2.03. The molecule has 0 N–H and O–H groups in total. The van der Waals surface area contributed by atoms with Gasteiger partial charge in [0.05, 0.1) is 7.11 Å². The standard InChI is InChI=1S/C21H17Br3O3/c1-25-20-8-4-17(23)10-14(20)13-27-21-9-5-18(24)11-15(21)12-26-19-6-2-16(22)3-7-19/h2-11H,12-13H2,1H3. The minimum Gasteiger partial charge on any atom is -0.496 e. The Labute approximate surface area is 184 Å². The fraction of sp³-hybridized carbons (Fsp3) is 0.143. The van der Waals surface area contributed by atoms with E-state index in [1.807, 2.05) is 60.7 Å². The first-order chi connectivity index (χ1) is 13.0. The summed E-state index contributed by atoms with van der Waals surface area (Å²) in [4.78, 5) is 0. The molecule has 0 saturated carbocycles. The van der Waals surface area contributed by atoms with Crippen LogP contribution in [-0.2, 0) is 13.2 Å². The number of hydrogen-bond acceptors (Lipinski definition) is 3. The zero-order valence-electron chi connectivity index (χ0n) is 14.5. The number of ether oxygens (including phenoxy) is 3. The molecule has 27 heavy (non-hydrogen) atoms. The summed E-state index contributed by atoms with van der Waals surface area (Å²) in [5.41, 5.74) is 1.93. The van der Waals surface area contributed by atoms with E-state index in [1.165, 1.54) is 0 Å². The molecule has 3 rings (SSSR count). The van der Waals surface area contributed by atoms with Gasteiger partial charge in [0.15, 0.2) is 0 Å². The van der Waals surface area contributed by atoms with Crippen molar-refractivity contribution in [1.29, 1.82) is 0 Å². The Kier molecular flexibility index (Phi) is 7.21. The summed E-state index contributed by atoms with van der Waals surface area (Å²) in [7, 11) is 1.66. The Morgan fingerprint density at radius 1 is 0.630 bits per heavy atom. The van der Waals surface area contributed by atoms with Gasteiger partial charge < -0.3 is 14.2 Å². The van der Waals surface area contributed by atoms with Gasteiger partial charge in [-0.2, -0.15) is 0 Å². The highest BCUT2D eigenvalue weighted by Gasteiger charge is 2.09. The lowest BCUT2D eigenvalue weighted by Gasteiger charge is -2.15. The van der Waals surface area contributed by atoms with Crippen molar-refractivity contribution in [2.45, 2.75) is 13.2 Å². The van der Waals surface area contributed by atoms with Crippen LogP contribution in [0.25, 0.3) is 0 Å². The minimum atomic E-state index is 0.398. The van der Waals surface area contributed by atoms with Crippen LogP contribution < -0.4 is 14.2 Å². The monoisotopic (exact) mass is 554 g/mol. The predicted octanol–water partition coefficient (Wildman–Crippen LogP) is 7.14. The molecule has 0 aliphatic carbocycles. The molecule has 3 nitrogen and oxygen atoms in total. The third-order valence-electron chi connectivity index (χ3n) is 3.86. The molecule has 3 aromatic carbocycles. The highest BCUT2D eigenvalue weighted by molar-refractivity contribution is 9.11. The quantitative estimate of drug-likeness (QED) is 0.309. The fourth-order valence-electron chi connectivity index (χ4n) is 2.51. The van der Waals surface area contributed by atoms with E-state index in [0.717, 1.165) is 41.8 Å². The van der Waals surface area contributed by atoms with Gasteiger partial charge in [-0.3, -0.25) is 0 Å². The Morgan fingerprint density at radius 3 is 1.78 bits per heavy atom. The summed E-state index contributed by atoms with van der Waals surface area (Å²) in [6.07, 6.45) is 0. The summed E-state index contributed by atoms with van der Waals surface area (Å²) in [6, 6.07) is 19.5. The van der Waals surface area contributed by atoms with Crippen molar-refractivity contribution in [2.75, 3.05) is 7.11 Å². The first-order valence-corrected chi connectivity index (χ1v) is 10.5. The van der Waals surface area contributed by atoms with Gasteiger partial charge in [-0.05, 0) is 60.7 Å². The lowest BCUT2D eigenvalue weighted by molar-refractivity contribution is 0.270. The van der Waals surface area contributed by atoms with Crippen LogP contribution >= 0.6 is 47.8 Å². The molecular formula is C21H17Br3O3. The van der Waals surface area contributed by atoms with E-state index in [4.69, 9.17) is 14.2 Å². The van der Waals surface area contributed by atoms with Crippen molar-refractivity contribution in [3.8, 4) is 17.2 Å². The van der Waals surface area contributed by atoms with Crippen molar-refractivity contribution in [3.05, 3.63) is 85.2 Å². The second-order valence-electron chi connectivity index (χ2n) is 5.74. The van der Waals surface area contributed by atoms with Crippen LogP contribution in [0.4, 0.5) is 0 Å². The summed E-state index contributed by atoms with van der Waals surface area (Å²) in [6.45, 7) is 0.807. The predicted molar refractivity (Wildman–Crippen MR) is 118 cm³/mol. The van der Waals surface area contributed by atoms with Gasteiger partial charge >= 0.3 is 0 Å². The average molecular weight is 557 g/mol. The maximum atomic E-state index is 6.07. The van der Waals surface area contributed by atoms with Gasteiger partial charge in [-0.1, -0.05) is 47.8 Å². The normalized spacial score (nSPS) is 10.5. The molecule has 0 fully saturated rings. The molecule has 140 valence electrons. The van der Waals surface area contributed by atoms with Gasteiger partial charge in [-0.25, -0.2) is 0 Å². The highest BCUT2D eigenvalue weighted by Crippen LogP contribution is 2.28. The zero-order valence-corrected chi connectivity index (χ0v) is 19.3. The van der Waals surface area contributed by atoms with Crippen molar-refractivity contribution in [3.63, 3.8) is 0 Å². The molecule has 0 saturated heterocycles. The second-order valence-corrected chi connectivity index (χ2v) is 8.49. The summed E-state index contributed by atoms with van der Waals surface area (Å²) < 4.78 is 20.4. The van der Waals surface area contributed by atoms with E-state index < -0.39 is 0 Å². The van der Waals surface area contributed by atoms with Crippen molar-refractivity contribution >= 4 is 47.8 Å². The van der Waals surface area contributed by atoms with Gasteiger partial charge in [0.25, 0.3) is 0 Å². The molecule has 0 aromatic heterocycles. The molecule has 6 heteroatoms. The van der Waals surface area contributed by atoms with Crippen molar-refractivity contribution in [2.24, 2.45) is 0 Å². The molecule has 0 aliphatic heterocycles. The van der Waals surface area contributed by atoms with Crippen molar-refractivity contribution < 1.29 is 14.2 Å². The van der Waals surface area contributed by atoms with Crippen LogP contribution in [0.15, 0.2) is 74.1 Å². The van der Waals surface area contributed by atoms with Gasteiger partial charge in [0, 0.05) is 24.5 Å². The largest absolute Gasteiger partial charge is 0.496 e. The SMILES string of the molecule is COc1ccc(Br)cc1COc1ccc(Br)cc1COc1ccc(Br)cc1. The molecule has 3 aromatic rings. The van der Waals surface area contributed by atoms with E-state index >= 15 is 0 Å². The number of halogens is 3. The number of benzene rings is 3. The maximum absolute atomic E-state index is 6.07. The fourth-order valence-corrected chi connectivity index (χ4v) is 3.59. The third-order valence-corrected chi connectivity index (χ3v) is 5.37. The highest BCUT2D eigenvalue weighted by atomic mass is 79.9. The summed E-state index contributed by atoms with van der Waals surface area (Å²) in [5, 5.41) is 0. The molecule has 0 unspecified atom stereocenters. The Hall–Kier alpha value is -1.50. The Morgan fingerprint density at radius 2 is 1.15 bits per heavy atom. The Balaban J connectivity index is 1.74. The van der Waals surface area contributed by atoms with E-state index in [2.05, 4.69) is 47.8 Å². The molecule has 0 bridgehead atoms. The number of rotatable bonds is 7. The molecule has 0 spiro atoms. The zero-order chi connectivity index (χ0) is 19.2. The minimum absolute atomic E-state index is 0.398. The Bertz CT molecular complexity index is 911. The first kappa shape index (κ1) is 20.2. The molecular weight excluding hydrogens is 540 g/mol. The lowest BCUT2D eigenvalue weighted by atomic mass is 10.2.